The number of aliphatic hydroxyl groups is 1. The summed E-state index contributed by atoms with van der Waals surface area (Å²) in [5, 5.41) is 23.5. The van der Waals surface area contributed by atoms with Crippen LogP contribution in [0.4, 0.5) is 11.4 Å². The first kappa shape index (κ1) is 17.1. The highest BCUT2D eigenvalue weighted by Crippen LogP contribution is 2.34. The Labute approximate surface area is 149 Å². The second-order valence-electron chi connectivity index (χ2n) is 5.50. The Kier molecular flexibility index (Phi) is 5.06. The van der Waals surface area contributed by atoms with E-state index in [2.05, 4.69) is 15.6 Å². The van der Waals surface area contributed by atoms with E-state index in [0.717, 1.165) is 16.6 Å². The van der Waals surface area contributed by atoms with Gasteiger partial charge in [-0.3, -0.25) is 4.79 Å². The first-order valence-electron chi connectivity index (χ1n) is 7.78. The molecule has 0 radical (unpaired) electrons. The normalized spacial score (nSPS) is 10.6. The van der Waals surface area contributed by atoms with E-state index >= 15 is 0 Å². The molecule has 0 aliphatic rings. The molecule has 0 atom stereocenters. The molecule has 7 heteroatoms. The number of hydrogen-bond acceptors (Lipinski definition) is 6. The Morgan fingerprint density at radius 1 is 1.32 bits per heavy atom. The average molecular weight is 354 g/mol. The summed E-state index contributed by atoms with van der Waals surface area (Å²) < 4.78 is 0. The summed E-state index contributed by atoms with van der Waals surface area (Å²) >= 11 is 1.25. The molecule has 6 nitrogen and oxygen atoms in total. The van der Waals surface area contributed by atoms with Crippen LogP contribution in [-0.2, 0) is 0 Å². The molecular formula is C18H18N4O2S. The van der Waals surface area contributed by atoms with Gasteiger partial charge in [0.05, 0.1) is 6.61 Å². The summed E-state index contributed by atoms with van der Waals surface area (Å²) in [6.07, 6.45) is 2.82. The van der Waals surface area contributed by atoms with Crippen LogP contribution in [0.2, 0.25) is 0 Å². The van der Waals surface area contributed by atoms with E-state index in [0.29, 0.717) is 27.5 Å². The molecule has 0 saturated heterocycles. The van der Waals surface area contributed by atoms with Crippen LogP contribution < -0.4 is 10.6 Å². The SMILES string of the molecule is Cc1ccc(NC(=O)c2sc3nccc(NCCO)c3c2C=N)cc1. The molecule has 2 aromatic heterocycles. The number of thiophene rings is 1. The molecule has 3 aromatic rings. The number of aryl methyl sites for hydroxylation is 1. The summed E-state index contributed by atoms with van der Waals surface area (Å²) in [4.78, 5) is 18.1. The van der Waals surface area contributed by atoms with Gasteiger partial charge in [0.15, 0.2) is 0 Å². The Hall–Kier alpha value is -2.77. The van der Waals surface area contributed by atoms with Crippen LogP contribution in [0.3, 0.4) is 0 Å². The van der Waals surface area contributed by atoms with Gasteiger partial charge in [0.25, 0.3) is 5.91 Å². The molecule has 2 heterocycles. The van der Waals surface area contributed by atoms with Crippen LogP contribution >= 0.6 is 11.3 Å². The van der Waals surface area contributed by atoms with Crippen molar-refractivity contribution >= 4 is 45.0 Å². The molecule has 1 aromatic carbocycles. The van der Waals surface area contributed by atoms with Gasteiger partial charge in [0.1, 0.15) is 9.71 Å². The van der Waals surface area contributed by atoms with Crippen molar-refractivity contribution < 1.29 is 9.90 Å². The molecular weight excluding hydrogens is 336 g/mol. The van der Waals surface area contributed by atoms with Gasteiger partial charge in [-0.05, 0) is 25.1 Å². The lowest BCUT2D eigenvalue weighted by Crippen LogP contribution is -2.12. The zero-order valence-electron chi connectivity index (χ0n) is 13.7. The van der Waals surface area contributed by atoms with Gasteiger partial charge in [-0.2, -0.15) is 0 Å². The zero-order chi connectivity index (χ0) is 17.8. The number of nitrogens with zero attached hydrogens (tertiary/aromatic N) is 1. The third-order valence-electron chi connectivity index (χ3n) is 3.72. The maximum Gasteiger partial charge on any atom is 0.266 e. The standard InChI is InChI=1S/C18H18N4O2S/c1-11-2-4-12(5-3-11)22-17(24)16-13(10-19)15-14(20-8-9-23)6-7-21-18(15)25-16/h2-7,10,19,23H,8-9H2,1H3,(H,20,21)(H,22,24). The monoisotopic (exact) mass is 354 g/mol. The van der Waals surface area contributed by atoms with E-state index in [1.165, 1.54) is 17.6 Å². The summed E-state index contributed by atoms with van der Waals surface area (Å²) in [5.41, 5.74) is 3.10. The van der Waals surface area contributed by atoms with Crippen molar-refractivity contribution in [1.82, 2.24) is 4.98 Å². The summed E-state index contributed by atoms with van der Waals surface area (Å²) in [5.74, 6) is -0.265. The number of anilines is 2. The number of carbonyl (C=O) groups excluding carboxylic acids is 1. The van der Waals surface area contributed by atoms with Crippen molar-refractivity contribution in [2.75, 3.05) is 23.8 Å². The molecule has 0 unspecified atom stereocenters. The van der Waals surface area contributed by atoms with Crippen molar-refractivity contribution in [2.45, 2.75) is 6.92 Å². The van der Waals surface area contributed by atoms with Crippen LogP contribution in [0.1, 0.15) is 20.8 Å². The number of aromatic nitrogens is 1. The smallest absolute Gasteiger partial charge is 0.266 e. The molecule has 0 saturated carbocycles. The predicted molar refractivity (Wildman–Crippen MR) is 102 cm³/mol. The van der Waals surface area contributed by atoms with E-state index in [4.69, 9.17) is 10.5 Å². The fraction of sp³-hybridized carbons (Fsp3) is 0.167. The Morgan fingerprint density at radius 3 is 2.76 bits per heavy atom. The second-order valence-corrected chi connectivity index (χ2v) is 6.50. The highest BCUT2D eigenvalue weighted by Gasteiger charge is 2.20. The summed E-state index contributed by atoms with van der Waals surface area (Å²) in [7, 11) is 0. The molecule has 25 heavy (non-hydrogen) atoms. The molecule has 0 aliphatic heterocycles. The van der Waals surface area contributed by atoms with E-state index in [1.807, 2.05) is 31.2 Å². The first-order chi connectivity index (χ1) is 12.1. The van der Waals surface area contributed by atoms with Crippen molar-refractivity contribution in [2.24, 2.45) is 0 Å². The Bertz CT molecular complexity index is 919. The van der Waals surface area contributed by atoms with Crippen molar-refractivity contribution in [3.05, 3.63) is 52.5 Å². The number of pyridine rings is 1. The number of nitrogens with one attached hydrogen (secondary N) is 3. The van der Waals surface area contributed by atoms with Crippen LogP contribution in [0.15, 0.2) is 36.5 Å². The second kappa shape index (κ2) is 7.42. The molecule has 0 spiro atoms. The minimum atomic E-state index is -0.265. The number of rotatable bonds is 6. The van der Waals surface area contributed by atoms with E-state index < -0.39 is 0 Å². The van der Waals surface area contributed by atoms with Gasteiger partial charge in [0, 0.05) is 41.3 Å². The molecule has 128 valence electrons. The van der Waals surface area contributed by atoms with E-state index in [1.54, 1.807) is 12.3 Å². The van der Waals surface area contributed by atoms with Crippen LogP contribution in [0, 0.1) is 12.3 Å². The fourth-order valence-electron chi connectivity index (χ4n) is 2.51. The summed E-state index contributed by atoms with van der Waals surface area (Å²) in [6, 6.07) is 9.32. The van der Waals surface area contributed by atoms with Gasteiger partial charge in [-0.1, -0.05) is 17.7 Å². The maximum atomic E-state index is 12.7. The Morgan fingerprint density at radius 2 is 2.08 bits per heavy atom. The molecule has 3 rings (SSSR count). The number of amides is 1. The maximum absolute atomic E-state index is 12.7. The average Bonchev–Trinajstić information content (AvgIpc) is 3.01. The lowest BCUT2D eigenvalue weighted by atomic mass is 10.1. The third-order valence-corrected chi connectivity index (χ3v) is 4.83. The fourth-order valence-corrected chi connectivity index (χ4v) is 3.56. The van der Waals surface area contributed by atoms with Crippen molar-refractivity contribution in [3.63, 3.8) is 0 Å². The minimum Gasteiger partial charge on any atom is -0.395 e. The summed E-state index contributed by atoms with van der Waals surface area (Å²) in [6.45, 7) is 2.36. The number of fused-ring (bicyclic) bond motifs is 1. The lowest BCUT2D eigenvalue weighted by molar-refractivity contribution is 0.103. The van der Waals surface area contributed by atoms with Gasteiger partial charge in [-0.15, -0.1) is 11.3 Å². The van der Waals surface area contributed by atoms with Gasteiger partial charge in [0.2, 0.25) is 0 Å². The quantitative estimate of drug-likeness (QED) is 0.511. The Balaban J connectivity index is 1.99. The third kappa shape index (κ3) is 3.52. The molecule has 0 fully saturated rings. The number of aliphatic hydroxyl groups excluding tert-OH is 1. The van der Waals surface area contributed by atoms with Crippen LogP contribution in [0.25, 0.3) is 10.2 Å². The molecule has 1 amide bonds. The van der Waals surface area contributed by atoms with Crippen LogP contribution in [0.5, 0.6) is 0 Å². The molecule has 4 N–H and O–H groups in total. The highest BCUT2D eigenvalue weighted by molar-refractivity contribution is 7.21. The first-order valence-corrected chi connectivity index (χ1v) is 8.60. The molecule has 0 bridgehead atoms. The topological polar surface area (TPSA) is 98.1 Å². The number of benzene rings is 1. The highest BCUT2D eigenvalue weighted by atomic mass is 32.1. The van der Waals surface area contributed by atoms with Crippen molar-refractivity contribution in [1.29, 1.82) is 5.41 Å². The van der Waals surface area contributed by atoms with Gasteiger partial charge in [-0.25, -0.2) is 4.98 Å². The predicted octanol–water partition coefficient (Wildman–Crippen LogP) is 3.26. The zero-order valence-corrected chi connectivity index (χ0v) is 14.5. The molecule has 0 aliphatic carbocycles. The largest absolute Gasteiger partial charge is 0.395 e. The van der Waals surface area contributed by atoms with E-state index in [9.17, 15) is 4.79 Å². The van der Waals surface area contributed by atoms with E-state index in [-0.39, 0.29) is 12.5 Å². The number of carbonyl (C=O) groups is 1. The lowest BCUT2D eigenvalue weighted by Gasteiger charge is -2.07. The van der Waals surface area contributed by atoms with Gasteiger partial charge >= 0.3 is 0 Å². The van der Waals surface area contributed by atoms with Crippen LogP contribution in [-0.4, -0.2) is 35.4 Å². The minimum absolute atomic E-state index is 0.00531. The number of hydrogen-bond donors (Lipinski definition) is 4. The van der Waals surface area contributed by atoms with Crippen molar-refractivity contribution in [3.8, 4) is 0 Å². The van der Waals surface area contributed by atoms with Gasteiger partial charge < -0.3 is 21.1 Å².